The smallest absolute Gasteiger partial charge is 0.269 e. The van der Waals surface area contributed by atoms with Crippen LogP contribution in [0.2, 0.25) is 0 Å². The number of hydrogen-bond donors (Lipinski definition) is 1. The van der Waals surface area contributed by atoms with Crippen LogP contribution in [-0.2, 0) is 6.42 Å². The van der Waals surface area contributed by atoms with Gasteiger partial charge in [0.25, 0.3) is 5.69 Å². The first-order chi connectivity index (χ1) is 9.25. The minimum Gasteiger partial charge on any atom is -0.279 e. The second kappa shape index (κ2) is 6.30. The Morgan fingerprint density at radius 3 is 2.42 bits per heavy atom. The lowest BCUT2D eigenvalue weighted by Gasteiger charge is -1.99. The zero-order valence-electron chi connectivity index (χ0n) is 10.2. The molecule has 0 heterocycles. The van der Waals surface area contributed by atoms with Crippen molar-refractivity contribution in [1.82, 2.24) is 0 Å². The van der Waals surface area contributed by atoms with Gasteiger partial charge in [-0.15, -0.1) is 0 Å². The van der Waals surface area contributed by atoms with Crippen molar-refractivity contribution in [2.45, 2.75) is 6.42 Å². The summed E-state index contributed by atoms with van der Waals surface area (Å²) in [6.07, 6.45) is 2.50. The van der Waals surface area contributed by atoms with Crippen LogP contribution in [0.4, 0.5) is 11.4 Å². The molecule has 1 N–H and O–H groups in total. The molecule has 5 heteroatoms. The molecule has 0 saturated carbocycles. The zero-order valence-corrected chi connectivity index (χ0v) is 10.2. The molecular formula is C14H13N3O2. The lowest BCUT2D eigenvalue weighted by Crippen LogP contribution is -1.93. The first-order valence-corrected chi connectivity index (χ1v) is 5.81. The third-order valence-electron chi connectivity index (χ3n) is 2.53. The molecule has 2 rings (SSSR count). The van der Waals surface area contributed by atoms with Crippen molar-refractivity contribution in [3.8, 4) is 0 Å². The largest absolute Gasteiger partial charge is 0.279 e. The van der Waals surface area contributed by atoms with Crippen LogP contribution in [0.1, 0.15) is 5.56 Å². The Balaban J connectivity index is 1.86. The summed E-state index contributed by atoms with van der Waals surface area (Å²) in [6, 6.07) is 16.1. The second-order valence-electron chi connectivity index (χ2n) is 3.92. The normalized spacial score (nSPS) is 10.5. The van der Waals surface area contributed by atoms with Crippen molar-refractivity contribution in [2.75, 3.05) is 5.43 Å². The van der Waals surface area contributed by atoms with Crippen LogP contribution in [0.3, 0.4) is 0 Å². The van der Waals surface area contributed by atoms with E-state index in [4.69, 9.17) is 0 Å². The highest BCUT2D eigenvalue weighted by molar-refractivity contribution is 5.63. The van der Waals surface area contributed by atoms with Crippen LogP contribution >= 0.6 is 0 Å². The summed E-state index contributed by atoms with van der Waals surface area (Å²) in [4.78, 5) is 10.1. The summed E-state index contributed by atoms with van der Waals surface area (Å²) in [5.74, 6) is 0. The molecule has 0 aromatic heterocycles. The molecule has 0 aliphatic carbocycles. The van der Waals surface area contributed by atoms with Gasteiger partial charge < -0.3 is 0 Å². The van der Waals surface area contributed by atoms with Crippen molar-refractivity contribution in [3.05, 3.63) is 70.3 Å². The molecule has 0 spiro atoms. The number of hydrogen-bond acceptors (Lipinski definition) is 4. The highest BCUT2D eigenvalue weighted by Gasteiger charge is 2.02. The van der Waals surface area contributed by atoms with E-state index in [1.807, 2.05) is 30.3 Å². The summed E-state index contributed by atoms with van der Waals surface area (Å²) in [7, 11) is 0. The van der Waals surface area contributed by atoms with E-state index < -0.39 is 4.92 Å². The van der Waals surface area contributed by atoms with E-state index in [0.717, 1.165) is 12.1 Å². The number of nitro benzene ring substituents is 1. The number of benzene rings is 2. The summed E-state index contributed by atoms with van der Waals surface area (Å²) in [6.45, 7) is 0. The van der Waals surface area contributed by atoms with Gasteiger partial charge in [0, 0.05) is 24.8 Å². The van der Waals surface area contributed by atoms with Crippen molar-refractivity contribution in [1.29, 1.82) is 0 Å². The fraction of sp³-hybridized carbons (Fsp3) is 0.0714. The van der Waals surface area contributed by atoms with Crippen LogP contribution in [0.25, 0.3) is 0 Å². The third kappa shape index (κ3) is 3.92. The Hall–Kier alpha value is -2.69. The number of nitrogens with zero attached hydrogens (tertiary/aromatic N) is 2. The number of nitro groups is 1. The molecule has 5 nitrogen and oxygen atoms in total. The van der Waals surface area contributed by atoms with Gasteiger partial charge in [0.2, 0.25) is 0 Å². The number of hydrazone groups is 1. The van der Waals surface area contributed by atoms with Gasteiger partial charge in [0.1, 0.15) is 0 Å². The summed E-state index contributed by atoms with van der Waals surface area (Å²) in [5.41, 5.74) is 4.79. The highest BCUT2D eigenvalue weighted by atomic mass is 16.6. The van der Waals surface area contributed by atoms with Crippen molar-refractivity contribution in [2.24, 2.45) is 5.10 Å². The molecule has 0 amide bonds. The monoisotopic (exact) mass is 255 g/mol. The first kappa shape index (κ1) is 12.8. The molecule has 0 atom stereocenters. The van der Waals surface area contributed by atoms with Gasteiger partial charge in [-0.3, -0.25) is 15.5 Å². The Labute approximate surface area is 110 Å². The van der Waals surface area contributed by atoms with E-state index >= 15 is 0 Å². The number of non-ortho nitro benzene ring substituents is 1. The van der Waals surface area contributed by atoms with Gasteiger partial charge >= 0.3 is 0 Å². The van der Waals surface area contributed by atoms with Crippen LogP contribution in [0.15, 0.2) is 59.7 Å². The summed E-state index contributed by atoms with van der Waals surface area (Å²) >= 11 is 0. The third-order valence-corrected chi connectivity index (χ3v) is 2.53. The maximum atomic E-state index is 10.5. The second-order valence-corrected chi connectivity index (χ2v) is 3.92. The number of rotatable bonds is 5. The topological polar surface area (TPSA) is 67.5 Å². The molecule has 19 heavy (non-hydrogen) atoms. The lowest BCUT2D eigenvalue weighted by atomic mass is 10.2. The van der Waals surface area contributed by atoms with E-state index in [9.17, 15) is 10.1 Å². The quantitative estimate of drug-likeness (QED) is 0.506. The SMILES string of the molecule is O=[N+]([O-])c1ccc(N/N=C/Cc2ccccc2)cc1. The van der Waals surface area contributed by atoms with Crippen molar-refractivity contribution < 1.29 is 4.92 Å². The van der Waals surface area contributed by atoms with Crippen molar-refractivity contribution >= 4 is 17.6 Å². The van der Waals surface area contributed by atoms with E-state index in [1.165, 1.54) is 17.7 Å². The van der Waals surface area contributed by atoms with Crippen molar-refractivity contribution in [3.63, 3.8) is 0 Å². The minimum atomic E-state index is -0.428. The minimum absolute atomic E-state index is 0.0683. The molecule has 0 aliphatic rings. The fourth-order valence-corrected chi connectivity index (χ4v) is 1.54. The average Bonchev–Trinajstić information content (AvgIpc) is 2.45. The molecule has 2 aromatic rings. The highest BCUT2D eigenvalue weighted by Crippen LogP contribution is 2.15. The molecule has 96 valence electrons. The standard InChI is InChI=1S/C14H13N3O2/c18-17(19)14-8-6-13(7-9-14)16-15-11-10-12-4-2-1-3-5-12/h1-9,11,16H,10H2/b15-11+. The fourth-order valence-electron chi connectivity index (χ4n) is 1.54. The molecule has 0 aliphatic heterocycles. The summed E-state index contributed by atoms with van der Waals surface area (Å²) < 4.78 is 0. The van der Waals surface area contributed by atoms with Gasteiger partial charge in [0.15, 0.2) is 0 Å². The molecule has 0 unspecified atom stereocenters. The Morgan fingerprint density at radius 2 is 1.79 bits per heavy atom. The zero-order chi connectivity index (χ0) is 13.5. The number of anilines is 1. The van der Waals surface area contributed by atoms with E-state index in [1.54, 1.807) is 18.3 Å². The molecular weight excluding hydrogens is 242 g/mol. The molecule has 0 fully saturated rings. The lowest BCUT2D eigenvalue weighted by molar-refractivity contribution is -0.384. The van der Waals surface area contributed by atoms with Crippen LogP contribution < -0.4 is 5.43 Å². The van der Waals surface area contributed by atoms with Gasteiger partial charge in [0.05, 0.1) is 10.6 Å². The Bertz CT molecular complexity index is 565. The predicted molar refractivity (Wildman–Crippen MR) is 75.4 cm³/mol. The molecule has 2 aromatic carbocycles. The van der Waals surface area contributed by atoms with Crippen LogP contribution in [-0.4, -0.2) is 11.1 Å². The summed E-state index contributed by atoms with van der Waals surface area (Å²) in [5, 5.41) is 14.6. The Morgan fingerprint density at radius 1 is 1.11 bits per heavy atom. The van der Waals surface area contributed by atoms with Crippen LogP contribution in [0.5, 0.6) is 0 Å². The predicted octanol–water partition coefficient (Wildman–Crippen LogP) is 3.24. The molecule has 0 bridgehead atoms. The van der Waals surface area contributed by atoms with E-state index in [2.05, 4.69) is 10.5 Å². The van der Waals surface area contributed by atoms with E-state index in [-0.39, 0.29) is 5.69 Å². The maximum Gasteiger partial charge on any atom is 0.269 e. The maximum absolute atomic E-state index is 10.5. The van der Waals surface area contributed by atoms with E-state index in [0.29, 0.717) is 0 Å². The molecule has 0 saturated heterocycles. The van der Waals surface area contributed by atoms with Gasteiger partial charge in [-0.2, -0.15) is 5.10 Å². The van der Waals surface area contributed by atoms with Gasteiger partial charge in [-0.25, -0.2) is 0 Å². The number of nitrogens with one attached hydrogen (secondary N) is 1. The first-order valence-electron chi connectivity index (χ1n) is 5.81. The average molecular weight is 255 g/mol. The molecule has 0 radical (unpaired) electrons. The van der Waals surface area contributed by atoms with Gasteiger partial charge in [-0.1, -0.05) is 30.3 Å². The Kier molecular flexibility index (Phi) is 4.23. The van der Waals surface area contributed by atoms with Gasteiger partial charge in [-0.05, 0) is 17.7 Å². The van der Waals surface area contributed by atoms with Crippen LogP contribution in [0, 0.1) is 10.1 Å².